The van der Waals surface area contributed by atoms with Gasteiger partial charge in [-0.2, -0.15) is 12.6 Å². The van der Waals surface area contributed by atoms with E-state index in [-0.39, 0.29) is 31.1 Å². The number of aliphatic hydroxyl groups is 1. The first-order valence-electron chi connectivity index (χ1n) is 9.75. The van der Waals surface area contributed by atoms with Gasteiger partial charge in [0.15, 0.2) is 5.96 Å². The van der Waals surface area contributed by atoms with Gasteiger partial charge in [0.25, 0.3) is 0 Å². The molecule has 5 atom stereocenters. The molecule has 0 heterocycles. The number of nitrogens with two attached hydrogens (primary N) is 3. The second-order valence-electron chi connectivity index (χ2n) is 7.02. The average Bonchev–Trinajstić information content (AvgIpc) is 2.71. The summed E-state index contributed by atoms with van der Waals surface area (Å²) in [5.74, 6) is -6.11. The summed E-state index contributed by atoms with van der Waals surface area (Å²) in [6.45, 7) is 1.42. The standard InChI is InChI=1S/C17H31N7O8S/c1-7(25)12(18)15(30)22-8(3-2-4-21-17(19)20)13(28)24-10(6-33)14(29)23-9(16(31)32)5-11(26)27/h7-10,12,25,33H,2-6,18H2,1H3,(H,22,30)(H,23,29)(H,24,28)(H,26,27)(H,31,32)(H4,19,20,21). The van der Waals surface area contributed by atoms with E-state index in [1.807, 2.05) is 5.32 Å². The van der Waals surface area contributed by atoms with Gasteiger partial charge in [0, 0.05) is 12.3 Å². The number of aliphatic hydroxyl groups excluding tert-OH is 1. The van der Waals surface area contributed by atoms with Crippen LogP contribution in [0, 0.1) is 0 Å². The van der Waals surface area contributed by atoms with E-state index >= 15 is 0 Å². The minimum absolute atomic E-state index is 0.0263. The van der Waals surface area contributed by atoms with Crippen LogP contribution in [0.3, 0.4) is 0 Å². The molecule has 0 saturated carbocycles. The lowest BCUT2D eigenvalue weighted by Crippen LogP contribution is -2.58. The second kappa shape index (κ2) is 14.9. The minimum Gasteiger partial charge on any atom is -0.481 e. The molecule has 0 aromatic rings. The Bertz CT molecular complexity index is 745. The molecule has 0 aliphatic heterocycles. The lowest BCUT2D eigenvalue weighted by molar-refractivity contribution is -0.147. The number of carboxylic acids is 2. The van der Waals surface area contributed by atoms with Crippen molar-refractivity contribution in [1.82, 2.24) is 16.0 Å². The third kappa shape index (κ3) is 11.9. The number of nitrogens with one attached hydrogen (secondary N) is 3. The van der Waals surface area contributed by atoms with E-state index in [4.69, 9.17) is 27.4 Å². The van der Waals surface area contributed by atoms with Gasteiger partial charge in [-0.1, -0.05) is 0 Å². The highest BCUT2D eigenvalue weighted by Gasteiger charge is 2.31. The number of hydrogen-bond donors (Lipinski definition) is 10. The summed E-state index contributed by atoms with van der Waals surface area (Å²) < 4.78 is 0. The number of carboxylic acid groups (broad SMARTS) is 2. The zero-order chi connectivity index (χ0) is 25.7. The first-order valence-corrected chi connectivity index (χ1v) is 10.4. The van der Waals surface area contributed by atoms with Crippen molar-refractivity contribution in [2.45, 2.75) is 56.5 Å². The summed E-state index contributed by atoms with van der Waals surface area (Å²) in [7, 11) is 0. The van der Waals surface area contributed by atoms with Crippen LogP contribution in [-0.4, -0.2) is 93.5 Å². The lowest BCUT2D eigenvalue weighted by atomic mass is 10.1. The summed E-state index contributed by atoms with van der Waals surface area (Å²) in [6.07, 6.45) is -1.81. The van der Waals surface area contributed by atoms with E-state index in [2.05, 4.69) is 28.3 Å². The summed E-state index contributed by atoms with van der Waals surface area (Å²) in [4.78, 5) is 63.0. The average molecular weight is 494 g/mol. The van der Waals surface area contributed by atoms with Crippen molar-refractivity contribution in [1.29, 1.82) is 0 Å². The molecule has 0 aliphatic rings. The highest BCUT2D eigenvalue weighted by molar-refractivity contribution is 7.80. The van der Waals surface area contributed by atoms with Crippen molar-refractivity contribution >= 4 is 48.2 Å². The van der Waals surface area contributed by atoms with E-state index in [0.29, 0.717) is 0 Å². The number of rotatable bonds is 15. The fourth-order valence-corrected chi connectivity index (χ4v) is 2.63. The molecular formula is C17H31N7O8S. The van der Waals surface area contributed by atoms with E-state index in [1.165, 1.54) is 6.92 Å². The summed E-state index contributed by atoms with van der Waals surface area (Å²) in [5.41, 5.74) is 16.0. The van der Waals surface area contributed by atoms with Crippen LogP contribution in [0.5, 0.6) is 0 Å². The third-order valence-electron chi connectivity index (χ3n) is 4.21. The maximum atomic E-state index is 12.7. The molecule has 3 amide bonds. The number of nitrogens with zero attached hydrogens (tertiary/aromatic N) is 1. The molecule has 15 nitrogen and oxygen atoms in total. The SMILES string of the molecule is CC(O)C(N)C(=O)NC(CCCN=C(N)N)C(=O)NC(CS)C(=O)NC(CC(=O)O)C(=O)O. The molecule has 0 aromatic heterocycles. The van der Waals surface area contributed by atoms with Gasteiger partial charge in [0.2, 0.25) is 17.7 Å². The maximum absolute atomic E-state index is 12.7. The van der Waals surface area contributed by atoms with Gasteiger partial charge in [0.05, 0.1) is 12.5 Å². The normalized spacial score (nSPS) is 15.2. The number of aliphatic carboxylic acids is 2. The Morgan fingerprint density at radius 1 is 0.939 bits per heavy atom. The number of carbonyl (C=O) groups is 5. The Balaban J connectivity index is 5.36. The van der Waals surface area contributed by atoms with Gasteiger partial charge in [-0.3, -0.25) is 24.2 Å². The van der Waals surface area contributed by atoms with Gasteiger partial charge in [-0.15, -0.1) is 0 Å². The van der Waals surface area contributed by atoms with E-state index in [9.17, 15) is 29.1 Å². The van der Waals surface area contributed by atoms with Crippen molar-refractivity contribution in [3.63, 3.8) is 0 Å². The fraction of sp³-hybridized carbons (Fsp3) is 0.647. The fourth-order valence-electron chi connectivity index (χ4n) is 2.37. The lowest BCUT2D eigenvalue weighted by Gasteiger charge is -2.24. The van der Waals surface area contributed by atoms with Crippen LogP contribution >= 0.6 is 12.6 Å². The largest absolute Gasteiger partial charge is 0.481 e. The predicted octanol–water partition coefficient (Wildman–Crippen LogP) is -4.31. The molecule has 16 heteroatoms. The van der Waals surface area contributed by atoms with Gasteiger partial charge >= 0.3 is 11.9 Å². The molecule has 12 N–H and O–H groups in total. The number of aliphatic imine (C=N–C) groups is 1. The van der Waals surface area contributed by atoms with Crippen LogP contribution in [0.2, 0.25) is 0 Å². The summed E-state index contributed by atoms with van der Waals surface area (Å²) in [5, 5.41) is 34.0. The van der Waals surface area contributed by atoms with Crippen LogP contribution < -0.4 is 33.2 Å². The third-order valence-corrected chi connectivity index (χ3v) is 4.57. The molecule has 0 spiro atoms. The first kappa shape index (κ1) is 29.9. The first-order chi connectivity index (χ1) is 15.3. The topological polar surface area (TPSA) is 273 Å². The van der Waals surface area contributed by atoms with Crippen molar-refractivity contribution in [2.75, 3.05) is 12.3 Å². The second-order valence-corrected chi connectivity index (χ2v) is 7.38. The number of amides is 3. The van der Waals surface area contributed by atoms with Crippen LogP contribution in [0.1, 0.15) is 26.2 Å². The van der Waals surface area contributed by atoms with Crippen molar-refractivity contribution in [2.24, 2.45) is 22.2 Å². The molecule has 188 valence electrons. The Labute approximate surface area is 194 Å². The highest BCUT2D eigenvalue weighted by atomic mass is 32.1. The molecular weight excluding hydrogens is 462 g/mol. The highest BCUT2D eigenvalue weighted by Crippen LogP contribution is 2.03. The number of guanidine groups is 1. The molecule has 0 aromatic carbocycles. The van der Waals surface area contributed by atoms with Gasteiger partial charge in [0.1, 0.15) is 24.2 Å². The van der Waals surface area contributed by atoms with Crippen molar-refractivity contribution in [3.8, 4) is 0 Å². The molecule has 5 unspecified atom stereocenters. The van der Waals surface area contributed by atoms with Crippen molar-refractivity contribution in [3.05, 3.63) is 0 Å². The van der Waals surface area contributed by atoms with Gasteiger partial charge < -0.3 is 48.5 Å². The van der Waals surface area contributed by atoms with Crippen LogP contribution in [0.4, 0.5) is 0 Å². The predicted molar refractivity (Wildman–Crippen MR) is 119 cm³/mol. The van der Waals surface area contributed by atoms with E-state index < -0.39 is 66.4 Å². The summed E-state index contributed by atoms with van der Waals surface area (Å²) >= 11 is 3.95. The molecule has 0 fully saturated rings. The van der Waals surface area contributed by atoms with E-state index in [1.54, 1.807) is 0 Å². The van der Waals surface area contributed by atoms with Crippen LogP contribution in [0.15, 0.2) is 4.99 Å². The van der Waals surface area contributed by atoms with Crippen molar-refractivity contribution < 1.29 is 39.3 Å². The van der Waals surface area contributed by atoms with Gasteiger partial charge in [-0.25, -0.2) is 4.79 Å². The Morgan fingerprint density at radius 3 is 1.91 bits per heavy atom. The quantitative estimate of drug-likeness (QED) is 0.0451. The molecule has 0 rings (SSSR count). The summed E-state index contributed by atoms with van der Waals surface area (Å²) in [6, 6.07) is -5.61. The monoisotopic (exact) mass is 493 g/mol. The zero-order valence-electron chi connectivity index (χ0n) is 17.9. The Morgan fingerprint density at radius 2 is 1.45 bits per heavy atom. The van der Waals surface area contributed by atoms with Crippen LogP contribution in [0.25, 0.3) is 0 Å². The molecule has 0 saturated heterocycles. The number of hydrogen-bond acceptors (Lipinski definition) is 9. The maximum Gasteiger partial charge on any atom is 0.326 e. The molecule has 0 bridgehead atoms. The molecule has 0 radical (unpaired) electrons. The zero-order valence-corrected chi connectivity index (χ0v) is 18.8. The van der Waals surface area contributed by atoms with E-state index in [0.717, 1.165) is 0 Å². The van der Waals surface area contributed by atoms with Crippen LogP contribution in [-0.2, 0) is 24.0 Å². The minimum atomic E-state index is -1.73. The number of thiol groups is 1. The number of carbonyl (C=O) groups excluding carboxylic acids is 3. The Kier molecular flexibility index (Phi) is 13.5. The Hall–Kier alpha value is -3.11. The molecule has 33 heavy (non-hydrogen) atoms. The smallest absolute Gasteiger partial charge is 0.326 e. The molecule has 0 aliphatic carbocycles. The van der Waals surface area contributed by atoms with Gasteiger partial charge in [-0.05, 0) is 19.8 Å².